The Morgan fingerprint density at radius 2 is 1.73 bits per heavy atom. The molecule has 0 radical (unpaired) electrons. The Labute approximate surface area is 131 Å². The second kappa shape index (κ2) is 5.61. The Morgan fingerprint density at radius 3 is 2.55 bits per heavy atom. The van der Waals surface area contributed by atoms with Gasteiger partial charge in [-0.1, -0.05) is 36.4 Å². The third kappa shape index (κ3) is 2.79. The number of rotatable bonds is 3. The summed E-state index contributed by atoms with van der Waals surface area (Å²) in [7, 11) is -3.76. The number of hydrogen-bond acceptors (Lipinski definition) is 3. The molecular formula is C18H18O3S. The minimum absolute atomic E-state index is 0.340. The van der Waals surface area contributed by atoms with E-state index in [1.54, 1.807) is 18.2 Å². The predicted molar refractivity (Wildman–Crippen MR) is 88.2 cm³/mol. The topological polar surface area (TPSA) is 43.4 Å². The lowest BCUT2D eigenvalue weighted by atomic mass is 9.98. The molecule has 114 valence electrons. The fourth-order valence-electron chi connectivity index (χ4n) is 2.59. The van der Waals surface area contributed by atoms with Crippen molar-refractivity contribution in [2.45, 2.75) is 26.7 Å². The van der Waals surface area contributed by atoms with E-state index < -0.39 is 10.1 Å². The van der Waals surface area contributed by atoms with Gasteiger partial charge in [0.15, 0.2) is 0 Å². The highest BCUT2D eigenvalue weighted by Gasteiger charge is 2.24. The van der Waals surface area contributed by atoms with Crippen LogP contribution in [0, 0.1) is 13.8 Å². The highest BCUT2D eigenvalue weighted by Crippen LogP contribution is 2.30. The van der Waals surface area contributed by atoms with E-state index in [0.29, 0.717) is 17.1 Å². The van der Waals surface area contributed by atoms with Crippen LogP contribution >= 0.6 is 0 Å². The highest BCUT2D eigenvalue weighted by molar-refractivity contribution is 7.91. The molecule has 2 aromatic rings. The van der Waals surface area contributed by atoms with Crippen molar-refractivity contribution < 1.29 is 12.6 Å². The zero-order valence-corrected chi connectivity index (χ0v) is 13.5. The van der Waals surface area contributed by atoms with Crippen LogP contribution in [0.25, 0.3) is 6.08 Å². The molecule has 0 saturated heterocycles. The normalized spacial score (nSPS) is 14.2. The highest BCUT2D eigenvalue weighted by atomic mass is 32.2. The molecule has 3 rings (SSSR count). The molecule has 2 aromatic carbocycles. The smallest absolute Gasteiger partial charge is 0.335 e. The summed E-state index contributed by atoms with van der Waals surface area (Å²) in [5.74, 6) is 0.403. The molecule has 0 amide bonds. The van der Waals surface area contributed by atoms with Crippen molar-refractivity contribution in [2.24, 2.45) is 0 Å². The van der Waals surface area contributed by atoms with Crippen LogP contribution in [-0.2, 0) is 16.5 Å². The summed E-state index contributed by atoms with van der Waals surface area (Å²) in [4.78, 5) is 0.340. The SMILES string of the molecule is Cc1cccc(OS(=O)(=O)C2=Cc3ccccc3CC2)c1C. The molecule has 1 aliphatic rings. The predicted octanol–water partition coefficient (Wildman–Crippen LogP) is 4.00. The van der Waals surface area contributed by atoms with Gasteiger partial charge in [-0.05, 0) is 61.1 Å². The molecule has 4 heteroatoms. The molecule has 22 heavy (non-hydrogen) atoms. The Kier molecular flexibility index (Phi) is 3.79. The first-order valence-electron chi connectivity index (χ1n) is 7.26. The second-order valence-corrected chi connectivity index (χ2v) is 7.14. The van der Waals surface area contributed by atoms with Crippen molar-refractivity contribution in [1.82, 2.24) is 0 Å². The number of benzene rings is 2. The maximum absolute atomic E-state index is 12.5. The molecular weight excluding hydrogens is 296 g/mol. The minimum atomic E-state index is -3.76. The van der Waals surface area contributed by atoms with Crippen LogP contribution in [0.15, 0.2) is 47.4 Å². The van der Waals surface area contributed by atoms with E-state index in [4.69, 9.17) is 4.18 Å². The summed E-state index contributed by atoms with van der Waals surface area (Å²) in [5.41, 5.74) is 3.99. The fraction of sp³-hybridized carbons (Fsp3) is 0.222. The zero-order valence-electron chi connectivity index (χ0n) is 12.7. The first kappa shape index (κ1) is 14.9. The molecule has 0 unspecified atom stereocenters. The molecule has 0 spiro atoms. The van der Waals surface area contributed by atoms with E-state index in [1.165, 1.54) is 5.56 Å². The molecule has 0 heterocycles. The van der Waals surface area contributed by atoms with Crippen molar-refractivity contribution in [1.29, 1.82) is 0 Å². The van der Waals surface area contributed by atoms with Crippen LogP contribution in [0.3, 0.4) is 0 Å². The van der Waals surface area contributed by atoms with Crippen LogP contribution in [0.2, 0.25) is 0 Å². The summed E-state index contributed by atoms with van der Waals surface area (Å²) in [5, 5.41) is 0. The van der Waals surface area contributed by atoms with Gasteiger partial charge in [-0.2, -0.15) is 8.42 Å². The van der Waals surface area contributed by atoms with Gasteiger partial charge < -0.3 is 4.18 Å². The van der Waals surface area contributed by atoms with Crippen molar-refractivity contribution in [3.05, 3.63) is 69.6 Å². The summed E-state index contributed by atoms with van der Waals surface area (Å²) < 4.78 is 30.4. The van der Waals surface area contributed by atoms with E-state index >= 15 is 0 Å². The summed E-state index contributed by atoms with van der Waals surface area (Å²) >= 11 is 0. The van der Waals surface area contributed by atoms with Gasteiger partial charge in [0, 0.05) is 0 Å². The minimum Gasteiger partial charge on any atom is -0.379 e. The fourth-order valence-corrected chi connectivity index (χ4v) is 3.74. The molecule has 0 atom stereocenters. The molecule has 0 aliphatic heterocycles. The summed E-state index contributed by atoms with van der Waals surface area (Å²) in [6.45, 7) is 3.80. The van der Waals surface area contributed by atoms with Crippen LogP contribution in [0.5, 0.6) is 5.75 Å². The molecule has 0 bridgehead atoms. The van der Waals surface area contributed by atoms with Crippen LogP contribution in [0.1, 0.15) is 28.7 Å². The lowest BCUT2D eigenvalue weighted by Gasteiger charge is -2.17. The molecule has 0 aromatic heterocycles. The maximum Gasteiger partial charge on any atom is 0.335 e. The van der Waals surface area contributed by atoms with Gasteiger partial charge in [-0.25, -0.2) is 0 Å². The van der Waals surface area contributed by atoms with E-state index in [1.807, 2.05) is 44.2 Å². The molecule has 1 aliphatic carbocycles. The second-order valence-electron chi connectivity index (χ2n) is 5.54. The van der Waals surface area contributed by atoms with Gasteiger partial charge in [0.1, 0.15) is 5.75 Å². The Balaban J connectivity index is 1.95. The van der Waals surface area contributed by atoms with Gasteiger partial charge in [0.2, 0.25) is 0 Å². The van der Waals surface area contributed by atoms with Gasteiger partial charge in [-0.3, -0.25) is 0 Å². The van der Waals surface area contributed by atoms with Gasteiger partial charge in [0.25, 0.3) is 0 Å². The van der Waals surface area contributed by atoms with E-state index in [-0.39, 0.29) is 0 Å². The van der Waals surface area contributed by atoms with Crippen molar-refractivity contribution in [3.63, 3.8) is 0 Å². The lowest BCUT2D eigenvalue weighted by molar-refractivity contribution is 0.489. The number of allylic oxidation sites excluding steroid dienone is 1. The van der Waals surface area contributed by atoms with E-state index in [0.717, 1.165) is 23.1 Å². The monoisotopic (exact) mass is 314 g/mol. The molecule has 0 saturated carbocycles. The standard InChI is InChI=1S/C18H18O3S/c1-13-6-5-9-18(14(13)2)21-22(19,20)17-11-10-15-7-3-4-8-16(15)12-17/h3-9,12H,10-11H2,1-2H3. The third-order valence-electron chi connectivity index (χ3n) is 4.09. The zero-order chi connectivity index (χ0) is 15.7. The Hall–Kier alpha value is -2.07. The largest absolute Gasteiger partial charge is 0.379 e. The number of hydrogen-bond donors (Lipinski definition) is 0. The van der Waals surface area contributed by atoms with Crippen molar-refractivity contribution in [2.75, 3.05) is 0 Å². The van der Waals surface area contributed by atoms with Gasteiger partial charge >= 0.3 is 10.1 Å². The van der Waals surface area contributed by atoms with Crippen molar-refractivity contribution >= 4 is 16.2 Å². The lowest BCUT2D eigenvalue weighted by Crippen LogP contribution is -2.15. The van der Waals surface area contributed by atoms with Gasteiger partial charge in [-0.15, -0.1) is 0 Å². The quantitative estimate of drug-likeness (QED) is 0.804. The maximum atomic E-state index is 12.5. The first-order chi connectivity index (χ1) is 10.5. The van der Waals surface area contributed by atoms with E-state index in [2.05, 4.69) is 0 Å². The average molecular weight is 314 g/mol. The average Bonchev–Trinajstić information content (AvgIpc) is 2.51. The summed E-state index contributed by atoms with van der Waals surface area (Å²) in [6.07, 6.45) is 2.92. The van der Waals surface area contributed by atoms with Crippen LogP contribution < -0.4 is 4.18 Å². The van der Waals surface area contributed by atoms with Gasteiger partial charge in [0.05, 0.1) is 4.91 Å². The number of aryl methyl sites for hydroxylation is 2. The molecule has 0 fully saturated rings. The molecule has 3 nitrogen and oxygen atoms in total. The molecule has 0 N–H and O–H groups in total. The number of fused-ring (bicyclic) bond motifs is 1. The Morgan fingerprint density at radius 1 is 0.955 bits per heavy atom. The van der Waals surface area contributed by atoms with Crippen molar-refractivity contribution in [3.8, 4) is 5.75 Å². The van der Waals surface area contributed by atoms with Crippen LogP contribution in [0.4, 0.5) is 0 Å². The first-order valence-corrected chi connectivity index (χ1v) is 8.67. The van der Waals surface area contributed by atoms with Crippen LogP contribution in [-0.4, -0.2) is 8.42 Å². The summed E-state index contributed by atoms with van der Waals surface area (Å²) in [6, 6.07) is 13.3. The third-order valence-corrected chi connectivity index (χ3v) is 5.45. The van der Waals surface area contributed by atoms with E-state index in [9.17, 15) is 8.42 Å². The Bertz CT molecular complexity index is 848.